The van der Waals surface area contributed by atoms with Gasteiger partial charge in [-0.05, 0) is 24.6 Å². The molecule has 104 valence electrons. The molecular weight excluding hydrogens is 248 g/mol. The topological polar surface area (TPSA) is 102 Å². The first-order valence-electron chi connectivity index (χ1n) is 5.94. The first-order chi connectivity index (χ1) is 8.97. The third-order valence-corrected chi connectivity index (χ3v) is 2.70. The van der Waals surface area contributed by atoms with Gasteiger partial charge < -0.3 is 20.9 Å². The van der Waals surface area contributed by atoms with Gasteiger partial charge in [-0.3, -0.25) is 4.79 Å². The zero-order valence-corrected chi connectivity index (χ0v) is 11.0. The molecule has 0 aromatic heterocycles. The van der Waals surface area contributed by atoms with Crippen molar-refractivity contribution >= 4 is 17.6 Å². The molecule has 1 aromatic rings. The number of nitrogens with one attached hydrogen (secondary N) is 1. The van der Waals surface area contributed by atoms with E-state index in [1.165, 1.54) is 19.2 Å². The number of carbonyl (C=O) groups is 2. The molecule has 0 heterocycles. The van der Waals surface area contributed by atoms with E-state index in [1.54, 1.807) is 6.07 Å². The zero-order valence-electron chi connectivity index (χ0n) is 11.0. The summed E-state index contributed by atoms with van der Waals surface area (Å²) in [7, 11) is 1.44. The molecule has 1 unspecified atom stereocenters. The third-order valence-electron chi connectivity index (χ3n) is 2.70. The number of anilines is 1. The van der Waals surface area contributed by atoms with Crippen molar-refractivity contribution in [3.8, 4) is 5.75 Å². The smallest absolute Gasteiger partial charge is 0.337 e. The maximum absolute atomic E-state index is 11.7. The molecule has 1 amide bonds. The summed E-state index contributed by atoms with van der Waals surface area (Å²) in [4.78, 5) is 22.8. The Kier molecular flexibility index (Phi) is 5.32. The van der Waals surface area contributed by atoms with Crippen molar-refractivity contribution in [2.75, 3.05) is 12.4 Å². The van der Waals surface area contributed by atoms with Crippen molar-refractivity contribution in [1.82, 2.24) is 0 Å². The molecule has 0 aliphatic heterocycles. The van der Waals surface area contributed by atoms with Crippen LogP contribution in [0.3, 0.4) is 0 Å². The molecule has 0 aliphatic carbocycles. The van der Waals surface area contributed by atoms with E-state index in [4.69, 9.17) is 15.6 Å². The van der Waals surface area contributed by atoms with Gasteiger partial charge in [0.25, 0.3) is 0 Å². The normalized spacial score (nSPS) is 11.7. The van der Waals surface area contributed by atoms with Crippen molar-refractivity contribution in [1.29, 1.82) is 0 Å². The average molecular weight is 266 g/mol. The summed E-state index contributed by atoms with van der Waals surface area (Å²) in [6.07, 6.45) is 0.837. The minimum Gasteiger partial charge on any atom is -0.497 e. The number of amides is 1. The largest absolute Gasteiger partial charge is 0.497 e. The van der Waals surface area contributed by atoms with Crippen LogP contribution in [0.15, 0.2) is 18.2 Å². The van der Waals surface area contributed by atoms with E-state index in [2.05, 4.69) is 5.32 Å². The van der Waals surface area contributed by atoms with Gasteiger partial charge >= 0.3 is 5.97 Å². The second-order valence-corrected chi connectivity index (χ2v) is 4.14. The molecule has 6 nitrogen and oxygen atoms in total. The highest BCUT2D eigenvalue weighted by molar-refractivity contribution is 6.01. The van der Waals surface area contributed by atoms with E-state index in [-0.39, 0.29) is 29.6 Å². The summed E-state index contributed by atoms with van der Waals surface area (Å²) in [5.41, 5.74) is 5.90. The van der Waals surface area contributed by atoms with Crippen LogP contribution in [0.1, 0.15) is 30.1 Å². The van der Waals surface area contributed by atoms with Gasteiger partial charge in [0.05, 0.1) is 18.4 Å². The fourth-order valence-corrected chi connectivity index (χ4v) is 1.52. The van der Waals surface area contributed by atoms with E-state index in [9.17, 15) is 9.59 Å². The molecule has 1 rings (SSSR count). The van der Waals surface area contributed by atoms with Crippen LogP contribution < -0.4 is 15.8 Å². The highest BCUT2D eigenvalue weighted by Crippen LogP contribution is 2.22. The SMILES string of the molecule is CCC(N)CC(=O)Nc1ccc(OC)cc1C(=O)O. The Balaban J connectivity index is 2.88. The molecule has 0 aliphatic rings. The monoisotopic (exact) mass is 266 g/mol. The molecule has 0 bridgehead atoms. The molecular formula is C13H18N2O4. The second kappa shape index (κ2) is 6.75. The summed E-state index contributed by atoms with van der Waals surface area (Å²) in [5, 5.41) is 11.6. The Morgan fingerprint density at radius 1 is 1.47 bits per heavy atom. The minimum atomic E-state index is -1.13. The lowest BCUT2D eigenvalue weighted by atomic mass is 10.1. The molecule has 0 fully saturated rings. The van der Waals surface area contributed by atoms with E-state index < -0.39 is 5.97 Å². The minimum absolute atomic E-state index is 0.0160. The van der Waals surface area contributed by atoms with Crippen molar-refractivity contribution in [3.63, 3.8) is 0 Å². The first kappa shape index (κ1) is 15.0. The number of carbonyl (C=O) groups excluding carboxylic acids is 1. The number of aromatic carboxylic acids is 1. The highest BCUT2D eigenvalue weighted by atomic mass is 16.5. The summed E-state index contributed by atoms with van der Waals surface area (Å²) in [6, 6.07) is 4.21. The number of nitrogens with two attached hydrogens (primary N) is 1. The zero-order chi connectivity index (χ0) is 14.4. The third kappa shape index (κ3) is 4.26. The molecule has 1 aromatic carbocycles. The molecule has 19 heavy (non-hydrogen) atoms. The van der Waals surface area contributed by atoms with Gasteiger partial charge in [0.2, 0.25) is 5.91 Å². The summed E-state index contributed by atoms with van der Waals surface area (Å²) >= 11 is 0. The summed E-state index contributed by atoms with van der Waals surface area (Å²) in [6.45, 7) is 1.88. The van der Waals surface area contributed by atoms with Gasteiger partial charge in [0, 0.05) is 12.5 Å². The van der Waals surface area contributed by atoms with Crippen LogP contribution in [0.25, 0.3) is 0 Å². The fourth-order valence-electron chi connectivity index (χ4n) is 1.52. The Morgan fingerprint density at radius 2 is 2.16 bits per heavy atom. The number of benzene rings is 1. The number of carboxylic acids is 1. The van der Waals surface area contributed by atoms with Crippen molar-refractivity contribution < 1.29 is 19.4 Å². The lowest BCUT2D eigenvalue weighted by molar-refractivity contribution is -0.116. The number of ether oxygens (including phenoxy) is 1. The lowest BCUT2D eigenvalue weighted by Gasteiger charge is -2.12. The van der Waals surface area contributed by atoms with Gasteiger partial charge in [0.1, 0.15) is 5.75 Å². The standard InChI is InChI=1S/C13H18N2O4/c1-3-8(14)6-12(16)15-11-5-4-9(19-2)7-10(11)13(17)18/h4-5,7-8H,3,6,14H2,1-2H3,(H,15,16)(H,17,18). The highest BCUT2D eigenvalue weighted by Gasteiger charge is 2.15. The molecule has 0 radical (unpaired) electrons. The number of methoxy groups -OCH3 is 1. The Labute approximate surface area is 111 Å². The predicted octanol–water partition coefficient (Wildman–Crippen LogP) is 1.46. The average Bonchev–Trinajstić information content (AvgIpc) is 2.38. The molecule has 0 saturated heterocycles. The summed E-state index contributed by atoms with van der Waals surface area (Å²) < 4.78 is 4.95. The van der Waals surface area contributed by atoms with E-state index >= 15 is 0 Å². The quantitative estimate of drug-likeness (QED) is 0.723. The van der Waals surface area contributed by atoms with Crippen LogP contribution in [0.5, 0.6) is 5.75 Å². The van der Waals surface area contributed by atoms with Crippen LogP contribution in [-0.4, -0.2) is 30.1 Å². The van der Waals surface area contributed by atoms with E-state index in [0.29, 0.717) is 12.2 Å². The molecule has 1 atom stereocenters. The second-order valence-electron chi connectivity index (χ2n) is 4.14. The van der Waals surface area contributed by atoms with Crippen LogP contribution in [-0.2, 0) is 4.79 Å². The van der Waals surface area contributed by atoms with Gasteiger partial charge in [0.15, 0.2) is 0 Å². The van der Waals surface area contributed by atoms with Crippen LogP contribution in [0.2, 0.25) is 0 Å². The number of hydrogen-bond acceptors (Lipinski definition) is 4. The van der Waals surface area contributed by atoms with Crippen LogP contribution >= 0.6 is 0 Å². The molecule has 0 saturated carbocycles. The van der Waals surface area contributed by atoms with Gasteiger partial charge in [-0.15, -0.1) is 0 Å². The summed E-state index contributed by atoms with van der Waals surface area (Å²) in [5.74, 6) is -1.02. The Morgan fingerprint density at radius 3 is 2.68 bits per heavy atom. The number of hydrogen-bond donors (Lipinski definition) is 3. The van der Waals surface area contributed by atoms with Gasteiger partial charge in [-0.1, -0.05) is 6.92 Å². The molecule has 4 N–H and O–H groups in total. The number of carboxylic acid groups (broad SMARTS) is 1. The van der Waals surface area contributed by atoms with Crippen molar-refractivity contribution in [3.05, 3.63) is 23.8 Å². The van der Waals surface area contributed by atoms with E-state index in [0.717, 1.165) is 0 Å². The van der Waals surface area contributed by atoms with Crippen molar-refractivity contribution in [2.45, 2.75) is 25.8 Å². The van der Waals surface area contributed by atoms with Gasteiger partial charge in [-0.25, -0.2) is 4.79 Å². The lowest BCUT2D eigenvalue weighted by Crippen LogP contribution is -2.26. The van der Waals surface area contributed by atoms with Crippen molar-refractivity contribution in [2.24, 2.45) is 5.73 Å². The Bertz CT molecular complexity index is 474. The molecule has 6 heteroatoms. The fraction of sp³-hybridized carbons (Fsp3) is 0.385. The first-order valence-corrected chi connectivity index (χ1v) is 5.94. The molecule has 0 spiro atoms. The maximum Gasteiger partial charge on any atom is 0.337 e. The maximum atomic E-state index is 11.7. The van der Waals surface area contributed by atoms with Gasteiger partial charge in [-0.2, -0.15) is 0 Å². The van der Waals surface area contributed by atoms with Crippen LogP contribution in [0, 0.1) is 0 Å². The Hall–Kier alpha value is -2.08. The number of rotatable bonds is 6. The van der Waals surface area contributed by atoms with Crippen LogP contribution in [0.4, 0.5) is 5.69 Å². The predicted molar refractivity (Wildman–Crippen MR) is 71.5 cm³/mol. The van der Waals surface area contributed by atoms with E-state index in [1.807, 2.05) is 6.92 Å².